The Morgan fingerprint density at radius 1 is 1.46 bits per heavy atom. The van der Waals surface area contributed by atoms with E-state index in [1.807, 2.05) is 52.8 Å². The number of rotatable bonds is 6. The molecule has 3 N–H and O–H groups in total. The number of nitrogens with two attached hydrogens (primary N) is 1. The highest BCUT2D eigenvalue weighted by molar-refractivity contribution is 5.89. The predicted molar refractivity (Wildman–Crippen MR) is 95.0 cm³/mol. The van der Waals surface area contributed by atoms with Crippen LogP contribution in [-0.4, -0.2) is 31.3 Å². The molecule has 1 aromatic rings. The van der Waals surface area contributed by atoms with Gasteiger partial charge in [0.25, 0.3) is 0 Å². The first-order chi connectivity index (χ1) is 11.2. The summed E-state index contributed by atoms with van der Waals surface area (Å²) < 4.78 is 11.1. The van der Waals surface area contributed by atoms with Crippen molar-refractivity contribution in [3.05, 3.63) is 29.3 Å². The first-order valence-corrected chi connectivity index (χ1v) is 8.53. The van der Waals surface area contributed by atoms with E-state index in [9.17, 15) is 4.79 Å². The van der Waals surface area contributed by atoms with Crippen LogP contribution in [0.15, 0.2) is 18.2 Å². The molecule has 0 spiro atoms. The molecule has 5 nitrogen and oxygen atoms in total. The zero-order chi connectivity index (χ0) is 18.1. The number of carbonyl (C=O) groups is 1. The predicted octanol–water partition coefficient (Wildman–Crippen LogP) is 2.71. The second-order valence-corrected chi connectivity index (χ2v) is 7.28. The molecule has 0 radical (unpaired) electrons. The smallest absolute Gasteiger partial charge is 0.241 e. The van der Waals surface area contributed by atoms with Crippen LogP contribution in [0.3, 0.4) is 0 Å². The van der Waals surface area contributed by atoms with Crippen LogP contribution in [0.2, 0.25) is 0 Å². The molecule has 1 aliphatic carbocycles. The first-order valence-electron chi connectivity index (χ1n) is 8.53. The third-order valence-electron chi connectivity index (χ3n) is 5.43. The van der Waals surface area contributed by atoms with Crippen molar-refractivity contribution in [1.29, 1.82) is 0 Å². The maximum Gasteiger partial charge on any atom is 0.241 e. The summed E-state index contributed by atoms with van der Waals surface area (Å²) in [5, 5.41) is 3.06. The summed E-state index contributed by atoms with van der Waals surface area (Å²) in [7, 11) is 1.63. The molecule has 5 heteroatoms. The number of benzene rings is 1. The van der Waals surface area contributed by atoms with Crippen molar-refractivity contribution >= 4 is 5.91 Å². The van der Waals surface area contributed by atoms with Gasteiger partial charge in [-0.05, 0) is 26.8 Å². The molecule has 0 aromatic heterocycles. The topological polar surface area (TPSA) is 73.6 Å². The van der Waals surface area contributed by atoms with Gasteiger partial charge in [-0.2, -0.15) is 0 Å². The standard InChI is InChI=1S/C19H30N2O3/c1-7-24-16-11-19(20,18(16,4)5)17(22)21-13(3)14-10-12(2)8-9-15(14)23-6/h8-10,13,16H,7,11,20H2,1-6H3,(H,21,22). The summed E-state index contributed by atoms with van der Waals surface area (Å²) >= 11 is 0. The summed E-state index contributed by atoms with van der Waals surface area (Å²) in [4.78, 5) is 12.8. The number of ether oxygens (including phenoxy) is 2. The third-order valence-corrected chi connectivity index (χ3v) is 5.43. The largest absolute Gasteiger partial charge is 0.496 e. The monoisotopic (exact) mass is 334 g/mol. The lowest BCUT2D eigenvalue weighted by atomic mass is 9.54. The Hall–Kier alpha value is -1.59. The molecule has 3 unspecified atom stereocenters. The van der Waals surface area contributed by atoms with Gasteiger partial charge in [-0.25, -0.2) is 0 Å². The molecule has 1 aromatic carbocycles. The van der Waals surface area contributed by atoms with Crippen LogP contribution in [0.25, 0.3) is 0 Å². The molecule has 24 heavy (non-hydrogen) atoms. The highest BCUT2D eigenvalue weighted by Crippen LogP contribution is 2.50. The molecule has 0 heterocycles. The van der Waals surface area contributed by atoms with Crippen molar-refractivity contribution in [1.82, 2.24) is 5.32 Å². The average molecular weight is 334 g/mol. The molecule has 1 saturated carbocycles. The number of methoxy groups -OCH3 is 1. The van der Waals surface area contributed by atoms with Crippen molar-refractivity contribution in [2.24, 2.45) is 11.1 Å². The molecule has 1 amide bonds. The Kier molecular flexibility index (Phi) is 5.25. The minimum atomic E-state index is -0.918. The lowest BCUT2D eigenvalue weighted by molar-refractivity contribution is -0.171. The van der Waals surface area contributed by atoms with E-state index in [0.29, 0.717) is 13.0 Å². The van der Waals surface area contributed by atoms with Crippen molar-refractivity contribution < 1.29 is 14.3 Å². The number of nitrogens with one attached hydrogen (secondary N) is 1. The Labute approximate surface area is 144 Å². The van der Waals surface area contributed by atoms with Crippen molar-refractivity contribution in [2.75, 3.05) is 13.7 Å². The van der Waals surface area contributed by atoms with Gasteiger partial charge in [0.15, 0.2) is 0 Å². The van der Waals surface area contributed by atoms with Gasteiger partial charge < -0.3 is 20.5 Å². The maximum atomic E-state index is 12.8. The fourth-order valence-corrected chi connectivity index (χ4v) is 3.42. The van der Waals surface area contributed by atoms with E-state index in [1.54, 1.807) is 7.11 Å². The van der Waals surface area contributed by atoms with Gasteiger partial charge in [0.1, 0.15) is 11.3 Å². The van der Waals surface area contributed by atoms with Crippen molar-refractivity contribution in [3.8, 4) is 5.75 Å². The van der Waals surface area contributed by atoms with Gasteiger partial charge in [-0.1, -0.05) is 31.5 Å². The first kappa shape index (κ1) is 18.7. The molecular weight excluding hydrogens is 304 g/mol. The minimum absolute atomic E-state index is 0.0158. The molecular formula is C19H30N2O3. The molecule has 1 fully saturated rings. The molecule has 0 saturated heterocycles. The average Bonchev–Trinajstić information content (AvgIpc) is 2.54. The fraction of sp³-hybridized carbons (Fsp3) is 0.632. The lowest BCUT2D eigenvalue weighted by Crippen LogP contribution is -2.75. The van der Waals surface area contributed by atoms with Gasteiger partial charge in [-0.15, -0.1) is 0 Å². The van der Waals surface area contributed by atoms with Gasteiger partial charge >= 0.3 is 0 Å². The number of hydrogen-bond donors (Lipinski definition) is 2. The Balaban J connectivity index is 2.14. The summed E-state index contributed by atoms with van der Waals surface area (Å²) in [6, 6.07) is 5.75. The maximum absolute atomic E-state index is 12.8. The van der Waals surface area contributed by atoms with E-state index in [4.69, 9.17) is 15.2 Å². The van der Waals surface area contributed by atoms with E-state index in [0.717, 1.165) is 16.9 Å². The highest BCUT2D eigenvalue weighted by Gasteiger charge is 2.62. The zero-order valence-electron chi connectivity index (χ0n) is 15.6. The van der Waals surface area contributed by atoms with Crippen molar-refractivity contribution in [3.63, 3.8) is 0 Å². The quantitative estimate of drug-likeness (QED) is 0.839. The number of amides is 1. The molecule has 0 aliphatic heterocycles. The second-order valence-electron chi connectivity index (χ2n) is 7.28. The Morgan fingerprint density at radius 2 is 2.12 bits per heavy atom. The van der Waals surface area contributed by atoms with E-state index in [-0.39, 0.29) is 18.1 Å². The number of carbonyl (C=O) groups excluding carboxylic acids is 1. The molecule has 134 valence electrons. The van der Waals surface area contributed by atoms with Gasteiger partial charge in [0.2, 0.25) is 5.91 Å². The van der Waals surface area contributed by atoms with Crippen LogP contribution in [0, 0.1) is 12.3 Å². The van der Waals surface area contributed by atoms with E-state index < -0.39 is 11.0 Å². The summed E-state index contributed by atoms with van der Waals surface area (Å²) in [5.41, 5.74) is 7.20. The molecule has 2 rings (SSSR count). The number of hydrogen-bond acceptors (Lipinski definition) is 4. The van der Waals surface area contributed by atoms with E-state index in [2.05, 4.69) is 5.32 Å². The lowest BCUT2D eigenvalue weighted by Gasteiger charge is -2.57. The SMILES string of the molecule is CCOC1CC(N)(C(=O)NC(C)c2cc(C)ccc2OC)C1(C)C. The van der Waals surface area contributed by atoms with Crippen LogP contribution >= 0.6 is 0 Å². The minimum Gasteiger partial charge on any atom is -0.496 e. The van der Waals surface area contributed by atoms with Crippen LogP contribution in [0.1, 0.15) is 51.3 Å². The van der Waals surface area contributed by atoms with Crippen LogP contribution < -0.4 is 15.8 Å². The molecule has 0 bridgehead atoms. The van der Waals surface area contributed by atoms with Crippen LogP contribution in [0.5, 0.6) is 5.75 Å². The Bertz CT molecular complexity index is 615. The second kappa shape index (κ2) is 6.73. The third kappa shape index (κ3) is 3.03. The highest BCUT2D eigenvalue weighted by atomic mass is 16.5. The van der Waals surface area contributed by atoms with E-state index in [1.165, 1.54) is 0 Å². The normalized spacial score (nSPS) is 26.4. The summed E-state index contributed by atoms with van der Waals surface area (Å²) in [6.45, 7) is 10.5. The van der Waals surface area contributed by atoms with Crippen LogP contribution in [-0.2, 0) is 9.53 Å². The van der Waals surface area contributed by atoms with E-state index >= 15 is 0 Å². The zero-order valence-corrected chi connectivity index (χ0v) is 15.6. The summed E-state index contributed by atoms with van der Waals surface area (Å²) in [6.07, 6.45) is 0.555. The summed E-state index contributed by atoms with van der Waals surface area (Å²) in [5.74, 6) is 0.624. The van der Waals surface area contributed by atoms with Crippen LogP contribution in [0.4, 0.5) is 0 Å². The van der Waals surface area contributed by atoms with Gasteiger partial charge in [0, 0.05) is 24.0 Å². The van der Waals surface area contributed by atoms with Gasteiger partial charge in [-0.3, -0.25) is 4.79 Å². The molecule has 3 atom stereocenters. The number of aryl methyl sites for hydroxylation is 1. The fourth-order valence-electron chi connectivity index (χ4n) is 3.42. The van der Waals surface area contributed by atoms with Crippen molar-refractivity contribution in [2.45, 2.75) is 58.7 Å². The molecule has 1 aliphatic rings. The van der Waals surface area contributed by atoms with Gasteiger partial charge in [0.05, 0.1) is 19.3 Å². The Morgan fingerprint density at radius 3 is 2.67 bits per heavy atom.